The predicted molar refractivity (Wildman–Crippen MR) is 90.9 cm³/mol. The van der Waals surface area contributed by atoms with E-state index in [9.17, 15) is 4.79 Å². The van der Waals surface area contributed by atoms with E-state index in [0.29, 0.717) is 24.5 Å². The van der Waals surface area contributed by atoms with Crippen LogP contribution in [0.2, 0.25) is 0 Å². The zero-order valence-electron chi connectivity index (χ0n) is 13.9. The third-order valence-corrected chi connectivity index (χ3v) is 3.95. The van der Waals surface area contributed by atoms with Crippen molar-refractivity contribution in [1.29, 1.82) is 0 Å². The lowest BCUT2D eigenvalue weighted by molar-refractivity contribution is 0.0939. The number of benzene rings is 2. The highest BCUT2D eigenvalue weighted by Crippen LogP contribution is 2.32. The Morgan fingerprint density at radius 1 is 1.12 bits per heavy atom. The summed E-state index contributed by atoms with van der Waals surface area (Å²) in [4.78, 5) is 12.4. The maximum atomic E-state index is 12.4. The highest BCUT2D eigenvalue weighted by molar-refractivity contribution is 5.94. The number of fused-ring (bicyclic) bond motifs is 1. The number of amides is 1. The van der Waals surface area contributed by atoms with Gasteiger partial charge in [0.2, 0.25) is 0 Å². The number of nitrogens with one attached hydrogen (secondary N) is 1. The van der Waals surface area contributed by atoms with Gasteiger partial charge < -0.3 is 19.5 Å². The lowest BCUT2D eigenvalue weighted by Crippen LogP contribution is -2.26. The zero-order chi connectivity index (χ0) is 16.9. The Bertz CT molecular complexity index is 729. The summed E-state index contributed by atoms with van der Waals surface area (Å²) < 4.78 is 16.5. The van der Waals surface area contributed by atoms with Gasteiger partial charge in [-0.05, 0) is 42.8 Å². The van der Waals surface area contributed by atoms with Gasteiger partial charge in [0.25, 0.3) is 5.91 Å². The Labute approximate surface area is 141 Å². The Kier molecular flexibility index (Phi) is 4.89. The van der Waals surface area contributed by atoms with Crippen molar-refractivity contribution in [2.75, 3.05) is 20.3 Å². The van der Waals surface area contributed by atoms with Crippen LogP contribution in [0.4, 0.5) is 0 Å². The average Bonchev–Trinajstić information content (AvgIpc) is 2.86. The Hall–Kier alpha value is -2.69. The summed E-state index contributed by atoms with van der Waals surface area (Å²) in [5, 5.41) is 3.00. The largest absolute Gasteiger partial charge is 0.497 e. The topological polar surface area (TPSA) is 56.8 Å². The maximum Gasteiger partial charge on any atom is 0.251 e. The van der Waals surface area contributed by atoms with Gasteiger partial charge in [-0.25, -0.2) is 0 Å². The van der Waals surface area contributed by atoms with Crippen molar-refractivity contribution in [3.05, 3.63) is 53.6 Å². The normalized spacial score (nSPS) is 14.4. The molecule has 3 rings (SSSR count). The van der Waals surface area contributed by atoms with Gasteiger partial charge in [-0.3, -0.25) is 4.79 Å². The molecule has 0 unspecified atom stereocenters. The van der Waals surface area contributed by atoms with E-state index in [2.05, 4.69) is 5.32 Å². The molecule has 2 aromatic carbocycles. The second-order valence-corrected chi connectivity index (χ2v) is 5.68. The zero-order valence-corrected chi connectivity index (χ0v) is 13.9. The van der Waals surface area contributed by atoms with Crippen LogP contribution in [-0.2, 0) is 0 Å². The van der Waals surface area contributed by atoms with Crippen LogP contribution in [-0.4, -0.2) is 26.2 Å². The van der Waals surface area contributed by atoms with E-state index in [-0.39, 0.29) is 11.9 Å². The molecule has 0 radical (unpaired) electrons. The maximum absolute atomic E-state index is 12.4. The van der Waals surface area contributed by atoms with Gasteiger partial charge in [0.05, 0.1) is 26.4 Å². The number of hydrogen-bond donors (Lipinski definition) is 1. The van der Waals surface area contributed by atoms with E-state index in [4.69, 9.17) is 14.2 Å². The summed E-state index contributed by atoms with van der Waals surface area (Å²) in [5.74, 6) is 1.99. The fraction of sp³-hybridized carbons (Fsp3) is 0.316. The third-order valence-electron chi connectivity index (χ3n) is 3.95. The Morgan fingerprint density at radius 2 is 1.92 bits per heavy atom. The monoisotopic (exact) mass is 327 g/mol. The summed E-state index contributed by atoms with van der Waals surface area (Å²) in [6.07, 6.45) is 0.867. The number of carbonyl (C=O) groups excluding carboxylic acids is 1. The van der Waals surface area contributed by atoms with Crippen LogP contribution in [0.1, 0.15) is 35.3 Å². The molecule has 0 fully saturated rings. The Morgan fingerprint density at radius 3 is 2.71 bits per heavy atom. The van der Waals surface area contributed by atoms with Crippen molar-refractivity contribution in [1.82, 2.24) is 5.32 Å². The molecule has 1 aliphatic rings. The van der Waals surface area contributed by atoms with Crippen LogP contribution in [0, 0.1) is 0 Å². The van der Waals surface area contributed by atoms with Gasteiger partial charge >= 0.3 is 0 Å². The van der Waals surface area contributed by atoms with E-state index in [1.807, 2.05) is 31.2 Å². The van der Waals surface area contributed by atoms with E-state index >= 15 is 0 Å². The van der Waals surface area contributed by atoms with Crippen LogP contribution in [0.25, 0.3) is 0 Å². The minimum atomic E-state index is -0.152. The molecule has 5 nitrogen and oxygen atoms in total. The molecule has 0 spiro atoms. The van der Waals surface area contributed by atoms with Crippen LogP contribution in [0.15, 0.2) is 42.5 Å². The van der Waals surface area contributed by atoms with E-state index < -0.39 is 0 Å². The van der Waals surface area contributed by atoms with Gasteiger partial charge in [0.15, 0.2) is 11.5 Å². The van der Waals surface area contributed by atoms with Crippen molar-refractivity contribution < 1.29 is 19.0 Å². The van der Waals surface area contributed by atoms with Crippen LogP contribution < -0.4 is 19.5 Å². The summed E-state index contributed by atoms with van der Waals surface area (Å²) in [7, 11) is 1.58. The van der Waals surface area contributed by atoms with Crippen molar-refractivity contribution in [3.63, 3.8) is 0 Å². The summed E-state index contributed by atoms with van der Waals surface area (Å²) >= 11 is 0. The van der Waals surface area contributed by atoms with Crippen molar-refractivity contribution in [2.24, 2.45) is 0 Å². The molecule has 1 amide bonds. The minimum Gasteiger partial charge on any atom is -0.497 e. The SMILES string of the molecule is COc1cccc(C(=O)N[C@@H](C)c2ccc3c(c2)OCCCO3)c1. The minimum absolute atomic E-state index is 0.145. The molecule has 1 heterocycles. The third kappa shape index (κ3) is 3.62. The first-order valence-corrected chi connectivity index (χ1v) is 8.02. The second-order valence-electron chi connectivity index (χ2n) is 5.68. The van der Waals surface area contributed by atoms with E-state index in [0.717, 1.165) is 23.5 Å². The summed E-state index contributed by atoms with van der Waals surface area (Å²) in [6, 6.07) is 12.7. The molecule has 0 aliphatic carbocycles. The predicted octanol–water partition coefficient (Wildman–Crippen LogP) is 3.35. The number of methoxy groups -OCH3 is 1. The Balaban J connectivity index is 1.73. The molecule has 5 heteroatoms. The summed E-state index contributed by atoms with van der Waals surface area (Å²) in [5.41, 5.74) is 1.53. The van der Waals surface area contributed by atoms with Crippen LogP contribution in [0.5, 0.6) is 17.2 Å². The molecule has 0 saturated carbocycles. The first-order chi connectivity index (χ1) is 11.7. The van der Waals surface area contributed by atoms with Crippen molar-refractivity contribution in [3.8, 4) is 17.2 Å². The molecular weight excluding hydrogens is 306 g/mol. The number of rotatable bonds is 4. The summed E-state index contributed by atoms with van der Waals surface area (Å²) in [6.45, 7) is 3.24. The molecule has 0 bridgehead atoms. The molecule has 1 atom stereocenters. The van der Waals surface area contributed by atoms with Gasteiger partial charge in [0.1, 0.15) is 5.75 Å². The number of ether oxygens (including phenoxy) is 3. The number of hydrogen-bond acceptors (Lipinski definition) is 4. The quantitative estimate of drug-likeness (QED) is 0.936. The average molecular weight is 327 g/mol. The highest BCUT2D eigenvalue weighted by Gasteiger charge is 2.16. The first-order valence-electron chi connectivity index (χ1n) is 8.02. The molecular formula is C19H21NO4. The smallest absolute Gasteiger partial charge is 0.251 e. The van der Waals surface area contributed by atoms with Crippen LogP contribution >= 0.6 is 0 Å². The molecule has 126 valence electrons. The lowest BCUT2D eigenvalue weighted by atomic mass is 10.1. The van der Waals surface area contributed by atoms with Crippen molar-refractivity contribution >= 4 is 5.91 Å². The molecule has 0 aromatic heterocycles. The second kappa shape index (κ2) is 7.25. The molecule has 2 aromatic rings. The van der Waals surface area contributed by atoms with E-state index in [1.54, 1.807) is 25.3 Å². The first kappa shape index (κ1) is 16.2. The standard InChI is InChI=1S/C19H21NO4/c1-13(20-19(21)15-5-3-6-16(11-15)22-2)14-7-8-17-18(12-14)24-10-4-9-23-17/h3,5-8,11-13H,4,9-10H2,1-2H3,(H,20,21)/t13-/m0/s1. The molecule has 1 N–H and O–H groups in total. The van der Waals surface area contributed by atoms with Crippen LogP contribution in [0.3, 0.4) is 0 Å². The van der Waals surface area contributed by atoms with Gasteiger partial charge in [0, 0.05) is 12.0 Å². The number of carbonyl (C=O) groups is 1. The van der Waals surface area contributed by atoms with Gasteiger partial charge in [-0.15, -0.1) is 0 Å². The molecule has 1 aliphatic heterocycles. The van der Waals surface area contributed by atoms with Crippen molar-refractivity contribution in [2.45, 2.75) is 19.4 Å². The molecule has 0 saturated heterocycles. The lowest BCUT2D eigenvalue weighted by Gasteiger charge is -2.16. The van der Waals surface area contributed by atoms with Gasteiger partial charge in [-0.1, -0.05) is 12.1 Å². The highest BCUT2D eigenvalue weighted by atomic mass is 16.5. The van der Waals surface area contributed by atoms with E-state index in [1.165, 1.54) is 0 Å². The van der Waals surface area contributed by atoms with Gasteiger partial charge in [-0.2, -0.15) is 0 Å². The molecule has 24 heavy (non-hydrogen) atoms. The fourth-order valence-electron chi connectivity index (χ4n) is 2.58. The fourth-order valence-corrected chi connectivity index (χ4v) is 2.58.